The van der Waals surface area contributed by atoms with Crippen molar-refractivity contribution in [2.24, 2.45) is 0 Å². The highest BCUT2D eigenvalue weighted by Crippen LogP contribution is 2.36. The molecule has 1 aliphatic rings. The standard InChI is InChI=1S/C24H25FN2O4S2/c1-18-6-10-22(11-7-18)32(28,29)26-15-14-24(20-4-3-5-21(25)16-20)27(17-26)33(30,31)23-12-8-19(2)9-13-23/h3-13,16,24H,14-15,17H2,1-2H3. The van der Waals surface area contributed by atoms with Crippen molar-refractivity contribution in [3.8, 4) is 0 Å². The fourth-order valence-corrected chi connectivity index (χ4v) is 7.00. The monoisotopic (exact) mass is 488 g/mol. The summed E-state index contributed by atoms with van der Waals surface area (Å²) in [5, 5.41) is 0. The SMILES string of the molecule is Cc1ccc(S(=O)(=O)N2CCC(c3cccc(F)c3)N(S(=O)(=O)c3ccc(C)cc3)C2)cc1. The van der Waals surface area contributed by atoms with E-state index in [2.05, 4.69) is 0 Å². The van der Waals surface area contributed by atoms with Crippen LogP contribution in [0.2, 0.25) is 0 Å². The van der Waals surface area contributed by atoms with Crippen LogP contribution in [0.15, 0.2) is 82.6 Å². The number of rotatable bonds is 5. The summed E-state index contributed by atoms with van der Waals surface area (Å²) in [5.74, 6) is -0.477. The van der Waals surface area contributed by atoms with Gasteiger partial charge in [0.25, 0.3) is 0 Å². The summed E-state index contributed by atoms with van der Waals surface area (Å²) in [4.78, 5) is 0.161. The molecule has 9 heteroatoms. The minimum Gasteiger partial charge on any atom is -0.207 e. The lowest BCUT2D eigenvalue weighted by molar-refractivity contribution is 0.169. The molecule has 0 amide bonds. The summed E-state index contributed by atoms with van der Waals surface area (Å²) in [7, 11) is -7.99. The van der Waals surface area contributed by atoms with Gasteiger partial charge in [-0.1, -0.05) is 47.5 Å². The van der Waals surface area contributed by atoms with E-state index in [9.17, 15) is 21.2 Å². The molecule has 3 aromatic rings. The minimum atomic E-state index is -4.07. The first kappa shape index (κ1) is 23.6. The van der Waals surface area contributed by atoms with Crippen molar-refractivity contribution in [3.05, 3.63) is 95.3 Å². The van der Waals surface area contributed by atoms with Crippen LogP contribution in [0, 0.1) is 19.7 Å². The van der Waals surface area contributed by atoms with Gasteiger partial charge in [0.1, 0.15) is 5.82 Å². The molecule has 0 saturated carbocycles. The second-order valence-corrected chi connectivity index (χ2v) is 12.0. The highest BCUT2D eigenvalue weighted by atomic mass is 32.2. The van der Waals surface area contributed by atoms with Gasteiger partial charge in [-0.2, -0.15) is 8.61 Å². The van der Waals surface area contributed by atoms with Crippen LogP contribution in [0.3, 0.4) is 0 Å². The lowest BCUT2D eigenvalue weighted by Crippen LogP contribution is -2.50. The first-order valence-corrected chi connectivity index (χ1v) is 13.4. The van der Waals surface area contributed by atoms with Gasteiger partial charge in [-0.3, -0.25) is 0 Å². The molecule has 0 aromatic heterocycles. The smallest absolute Gasteiger partial charge is 0.207 e. The molecule has 0 spiro atoms. The Morgan fingerprint density at radius 1 is 0.788 bits per heavy atom. The Labute approximate surface area is 194 Å². The summed E-state index contributed by atoms with van der Waals surface area (Å²) in [6.45, 7) is 3.45. The maximum Gasteiger partial charge on any atom is 0.244 e. The number of benzene rings is 3. The summed E-state index contributed by atoms with van der Waals surface area (Å²) in [6, 6.07) is 17.9. The molecular weight excluding hydrogens is 463 g/mol. The van der Waals surface area contributed by atoms with Gasteiger partial charge in [-0.15, -0.1) is 0 Å². The van der Waals surface area contributed by atoms with E-state index >= 15 is 0 Å². The van der Waals surface area contributed by atoms with Crippen LogP contribution >= 0.6 is 0 Å². The Morgan fingerprint density at radius 3 is 1.88 bits per heavy atom. The summed E-state index contributed by atoms with van der Waals surface area (Å²) >= 11 is 0. The Bertz CT molecular complexity index is 1360. The third-order valence-corrected chi connectivity index (χ3v) is 9.52. The molecule has 33 heavy (non-hydrogen) atoms. The Hall–Kier alpha value is -2.59. The zero-order valence-electron chi connectivity index (χ0n) is 18.3. The van der Waals surface area contributed by atoms with E-state index in [1.165, 1.54) is 46.8 Å². The molecule has 4 rings (SSSR count). The molecule has 0 aliphatic carbocycles. The van der Waals surface area contributed by atoms with Crippen molar-refractivity contribution < 1.29 is 21.2 Å². The van der Waals surface area contributed by atoms with Gasteiger partial charge in [-0.05, 0) is 62.2 Å². The third-order valence-electron chi connectivity index (χ3n) is 5.82. The predicted octanol–water partition coefficient (Wildman–Crippen LogP) is 4.23. The molecule has 0 N–H and O–H groups in total. The maximum atomic E-state index is 14.0. The number of sulfonamides is 2. The van der Waals surface area contributed by atoms with E-state index in [0.717, 1.165) is 15.4 Å². The Balaban J connectivity index is 1.76. The number of hydrogen-bond donors (Lipinski definition) is 0. The molecule has 6 nitrogen and oxygen atoms in total. The molecular formula is C24H25FN2O4S2. The van der Waals surface area contributed by atoms with Crippen molar-refractivity contribution >= 4 is 20.0 Å². The summed E-state index contributed by atoms with van der Waals surface area (Å²) in [6.07, 6.45) is 0.194. The number of nitrogens with zero attached hydrogens (tertiary/aromatic N) is 2. The minimum absolute atomic E-state index is 0.0593. The fraction of sp³-hybridized carbons (Fsp3) is 0.250. The summed E-state index contributed by atoms with van der Waals surface area (Å²) < 4.78 is 70.1. The van der Waals surface area contributed by atoms with Gasteiger partial charge in [0.15, 0.2) is 0 Å². The quantitative estimate of drug-likeness (QED) is 0.539. The average Bonchev–Trinajstić information content (AvgIpc) is 2.79. The predicted molar refractivity (Wildman–Crippen MR) is 124 cm³/mol. The van der Waals surface area contributed by atoms with E-state index in [1.807, 2.05) is 13.8 Å². The first-order valence-electron chi connectivity index (χ1n) is 10.5. The van der Waals surface area contributed by atoms with Crippen molar-refractivity contribution in [3.63, 3.8) is 0 Å². The maximum absolute atomic E-state index is 14.0. The van der Waals surface area contributed by atoms with Crippen molar-refractivity contribution in [1.29, 1.82) is 0 Å². The van der Waals surface area contributed by atoms with Crippen LogP contribution in [0.4, 0.5) is 4.39 Å². The molecule has 3 aromatic carbocycles. The topological polar surface area (TPSA) is 74.8 Å². The van der Waals surface area contributed by atoms with Gasteiger partial charge in [0, 0.05) is 6.54 Å². The molecule has 1 atom stereocenters. The Morgan fingerprint density at radius 2 is 1.33 bits per heavy atom. The molecule has 1 aliphatic heterocycles. The molecule has 0 bridgehead atoms. The second kappa shape index (κ2) is 8.98. The molecule has 1 unspecified atom stereocenters. The van der Waals surface area contributed by atoms with Gasteiger partial charge in [0.05, 0.1) is 22.5 Å². The van der Waals surface area contributed by atoms with E-state index in [4.69, 9.17) is 0 Å². The van der Waals surface area contributed by atoms with Gasteiger partial charge in [0.2, 0.25) is 20.0 Å². The van der Waals surface area contributed by atoms with Crippen molar-refractivity contribution in [2.45, 2.75) is 36.1 Å². The second-order valence-electron chi connectivity index (χ2n) is 8.20. The van der Waals surface area contributed by atoms with Crippen LogP contribution in [0.5, 0.6) is 0 Å². The fourth-order valence-electron chi connectivity index (χ4n) is 3.93. The number of hydrogen-bond acceptors (Lipinski definition) is 4. The molecule has 1 fully saturated rings. The normalized spacial score (nSPS) is 18.3. The number of halogens is 1. The molecule has 0 radical (unpaired) electrons. The lowest BCUT2D eigenvalue weighted by atomic mass is 10.0. The highest BCUT2D eigenvalue weighted by Gasteiger charge is 2.41. The van der Waals surface area contributed by atoms with E-state index in [-0.39, 0.29) is 29.4 Å². The Kier molecular flexibility index (Phi) is 6.41. The third kappa shape index (κ3) is 4.72. The van der Waals surface area contributed by atoms with Gasteiger partial charge in [-0.25, -0.2) is 21.2 Å². The highest BCUT2D eigenvalue weighted by molar-refractivity contribution is 7.90. The van der Waals surface area contributed by atoms with Crippen molar-refractivity contribution in [1.82, 2.24) is 8.61 Å². The summed E-state index contributed by atoms with van der Waals surface area (Å²) in [5.41, 5.74) is 2.30. The van der Waals surface area contributed by atoms with Gasteiger partial charge >= 0.3 is 0 Å². The van der Waals surface area contributed by atoms with E-state index in [1.54, 1.807) is 30.3 Å². The van der Waals surface area contributed by atoms with Crippen LogP contribution < -0.4 is 0 Å². The molecule has 1 heterocycles. The molecule has 174 valence electrons. The zero-order valence-corrected chi connectivity index (χ0v) is 20.0. The van der Waals surface area contributed by atoms with Crippen LogP contribution in [-0.2, 0) is 20.0 Å². The van der Waals surface area contributed by atoms with Gasteiger partial charge < -0.3 is 0 Å². The zero-order chi connectivity index (χ0) is 23.8. The average molecular weight is 489 g/mol. The van der Waals surface area contributed by atoms with Crippen LogP contribution in [-0.4, -0.2) is 38.7 Å². The van der Waals surface area contributed by atoms with Crippen LogP contribution in [0.1, 0.15) is 29.2 Å². The lowest BCUT2D eigenvalue weighted by Gasteiger charge is -2.40. The first-order chi connectivity index (χ1) is 15.6. The van der Waals surface area contributed by atoms with E-state index in [0.29, 0.717) is 5.56 Å². The number of aryl methyl sites for hydroxylation is 2. The van der Waals surface area contributed by atoms with Crippen molar-refractivity contribution in [2.75, 3.05) is 13.2 Å². The van der Waals surface area contributed by atoms with Crippen LogP contribution in [0.25, 0.3) is 0 Å². The van der Waals surface area contributed by atoms with E-state index < -0.39 is 31.9 Å². The largest absolute Gasteiger partial charge is 0.244 e. The molecule has 1 saturated heterocycles.